The Hall–Kier alpha value is -2.42. The van der Waals surface area contributed by atoms with Crippen molar-refractivity contribution < 1.29 is 18.0 Å². The molecule has 0 bridgehead atoms. The van der Waals surface area contributed by atoms with E-state index in [-0.39, 0.29) is 0 Å². The minimum atomic E-state index is -4.20. The zero-order chi connectivity index (χ0) is 25.5. The number of unbranched alkanes of at least 4 members (excludes halogenated alkanes) is 1. The van der Waals surface area contributed by atoms with E-state index in [9.17, 15) is 0 Å². The molecule has 2 heteroatoms. The van der Waals surface area contributed by atoms with Gasteiger partial charge in [0.25, 0.3) is 0 Å². The van der Waals surface area contributed by atoms with Gasteiger partial charge in [-0.05, 0) is 0 Å². The molecule has 0 N–H and O–H groups in total. The van der Waals surface area contributed by atoms with Gasteiger partial charge in [0.05, 0.1) is 0 Å². The van der Waals surface area contributed by atoms with Gasteiger partial charge in [-0.1, -0.05) is 0 Å². The summed E-state index contributed by atoms with van der Waals surface area (Å²) in [5.41, 5.74) is 7.34. The molecule has 0 atom stereocenters. The van der Waals surface area contributed by atoms with Crippen molar-refractivity contribution >= 4 is 17.9 Å². The molecule has 186 valence electrons. The molecule has 0 aliphatic heterocycles. The molecule has 0 spiro atoms. The second-order valence-electron chi connectivity index (χ2n) is 11.6. The summed E-state index contributed by atoms with van der Waals surface area (Å²) in [4.78, 5) is 3.01. The molecule has 2 aliphatic carbocycles. The first-order chi connectivity index (χ1) is 18.0. The third-order valence-electron chi connectivity index (χ3n) is 8.94. The monoisotopic (exact) mass is 668 g/mol. The van der Waals surface area contributed by atoms with E-state index in [4.69, 9.17) is 0 Å². The van der Waals surface area contributed by atoms with Gasteiger partial charge in [0.2, 0.25) is 0 Å². The predicted molar refractivity (Wildman–Crippen MR) is 161 cm³/mol. The van der Waals surface area contributed by atoms with Crippen molar-refractivity contribution in [3.8, 4) is 11.1 Å². The van der Waals surface area contributed by atoms with Crippen LogP contribution in [0.1, 0.15) is 46.2 Å². The van der Waals surface area contributed by atoms with Gasteiger partial charge >= 0.3 is 228 Å². The third kappa shape index (κ3) is 4.08. The molecule has 0 saturated heterocycles. The average molecular weight is 667 g/mol. The Bertz CT molecular complexity index is 1580. The summed E-state index contributed by atoms with van der Waals surface area (Å²) in [5.74, 6) is 0. The fraction of sp³-hybridized carbons (Fsp3) is 0.229. The van der Waals surface area contributed by atoms with Crippen molar-refractivity contribution in [3.63, 3.8) is 0 Å². The summed E-state index contributed by atoms with van der Waals surface area (Å²) in [6.07, 6.45) is 14.3. The normalized spacial score (nSPS) is 14.7. The minimum absolute atomic E-state index is 0.462. The molecule has 1 heterocycles. The maximum atomic E-state index is 2.73. The molecule has 2 aliphatic rings. The summed E-state index contributed by atoms with van der Waals surface area (Å²) < 4.78 is 9.23. The number of hydrogen-bond acceptors (Lipinski definition) is 1. The van der Waals surface area contributed by atoms with Crippen LogP contribution in [0.15, 0.2) is 109 Å². The number of hydrogen-bond donors (Lipinski definition) is 0. The van der Waals surface area contributed by atoms with Crippen LogP contribution >= 0.6 is 11.3 Å². The van der Waals surface area contributed by atoms with Crippen LogP contribution in [-0.2, 0) is 30.9 Å². The van der Waals surface area contributed by atoms with E-state index in [1.54, 1.807) is 12.1 Å². The molecule has 0 nitrogen and oxygen atoms in total. The van der Waals surface area contributed by atoms with Crippen LogP contribution < -0.4 is 3.32 Å². The SMILES string of the molecule is CCCCc1ccc([C](c2ccccc2)=[Hf]([CH3])([CH3])([c]2cccc3c2Cc2ccccc2-3)[CH]2C=CC=C2)s1. The topological polar surface area (TPSA) is 0 Å². The molecular formula is C35H36HfS. The van der Waals surface area contributed by atoms with E-state index >= 15 is 0 Å². The molecule has 0 radical (unpaired) electrons. The first-order valence-electron chi connectivity index (χ1n) is 13.8. The van der Waals surface area contributed by atoms with E-state index in [1.165, 1.54) is 51.3 Å². The molecule has 0 fully saturated rings. The second kappa shape index (κ2) is 9.71. The van der Waals surface area contributed by atoms with Gasteiger partial charge in [0.15, 0.2) is 0 Å². The fourth-order valence-electron chi connectivity index (χ4n) is 6.94. The van der Waals surface area contributed by atoms with Crippen LogP contribution in [0.4, 0.5) is 0 Å². The fourth-order valence-corrected chi connectivity index (χ4v) is 32.6. The molecule has 0 amide bonds. The molecule has 4 aromatic rings. The number of benzene rings is 3. The molecule has 3 aromatic carbocycles. The van der Waals surface area contributed by atoms with Gasteiger partial charge in [-0.25, -0.2) is 0 Å². The summed E-state index contributed by atoms with van der Waals surface area (Å²) in [6, 6.07) is 32.4. The molecule has 0 saturated carbocycles. The Morgan fingerprint density at radius 2 is 1.54 bits per heavy atom. The van der Waals surface area contributed by atoms with Gasteiger partial charge < -0.3 is 0 Å². The molecule has 6 rings (SSSR count). The van der Waals surface area contributed by atoms with Crippen molar-refractivity contribution in [2.24, 2.45) is 0 Å². The van der Waals surface area contributed by atoms with Crippen molar-refractivity contribution in [3.05, 3.63) is 136 Å². The van der Waals surface area contributed by atoms with E-state index in [0.29, 0.717) is 3.67 Å². The van der Waals surface area contributed by atoms with Crippen LogP contribution in [0.3, 0.4) is 0 Å². The van der Waals surface area contributed by atoms with Crippen LogP contribution in [0.5, 0.6) is 0 Å². The van der Waals surface area contributed by atoms with Crippen LogP contribution in [0.2, 0.25) is 13.0 Å². The molecule has 0 unspecified atom stereocenters. The Kier molecular flexibility index (Phi) is 6.53. The van der Waals surface area contributed by atoms with Crippen LogP contribution in [0, 0.1) is 0 Å². The van der Waals surface area contributed by atoms with Gasteiger partial charge in [0.1, 0.15) is 0 Å². The number of fused-ring (bicyclic) bond motifs is 3. The number of aryl methyl sites for hydroxylation is 1. The summed E-state index contributed by atoms with van der Waals surface area (Å²) in [5, 5.41) is 0. The quantitative estimate of drug-likeness (QED) is 0.152. The Labute approximate surface area is 227 Å². The number of rotatable bonds is 7. The van der Waals surface area contributed by atoms with Gasteiger partial charge in [0, 0.05) is 0 Å². The van der Waals surface area contributed by atoms with Crippen LogP contribution in [-0.4, -0.2) is 3.26 Å². The standard InChI is InChI=1S/C15H16S.C13H9.C5H5.2CH3.Hf/c1-2-3-9-14-10-11-15(16-14)12-13-7-5-4-6-8-13;1-3-7-12-10(5-1)9-11-6-2-4-8-13(11)12;1-2-4-5-3-1;;;/h4-8,10-11H,2-3,9H2,1H3;1-5,7-8H,9H2;1-5H;2*1H3;. The summed E-state index contributed by atoms with van der Waals surface area (Å²) >= 11 is -2.15. The van der Waals surface area contributed by atoms with Crippen molar-refractivity contribution in [1.82, 2.24) is 0 Å². The zero-order valence-electron chi connectivity index (χ0n) is 22.2. The molecular weight excluding hydrogens is 631 g/mol. The van der Waals surface area contributed by atoms with Crippen molar-refractivity contribution in [2.75, 3.05) is 0 Å². The maximum absolute atomic E-state index is 4.20. The molecule has 37 heavy (non-hydrogen) atoms. The Morgan fingerprint density at radius 3 is 2.32 bits per heavy atom. The number of thiophene rings is 1. The van der Waals surface area contributed by atoms with Crippen molar-refractivity contribution in [1.29, 1.82) is 0 Å². The van der Waals surface area contributed by atoms with E-state index in [1.807, 2.05) is 11.3 Å². The number of allylic oxidation sites excluding steroid dienone is 4. The van der Waals surface area contributed by atoms with Gasteiger partial charge in [-0.2, -0.15) is 0 Å². The second-order valence-corrected chi connectivity index (χ2v) is 36.8. The average Bonchev–Trinajstić information content (AvgIpc) is 3.68. The van der Waals surface area contributed by atoms with Crippen molar-refractivity contribution in [2.45, 2.75) is 45.6 Å². The molecule has 1 aromatic heterocycles. The first-order valence-corrected chi connectivity index (χ1v) is 27.4. The van der Waals surface area contributed by atoms with Gasteiger partial charge in [-0.15, -0.1) is 0 Å². The first kappa shape index (κ1) is 24.9. The Balaban J connectivity index is 1.72. The van der Waals surface area contributed by atoms with E-state index in [0.717, 1.165) is 6.42 Å². The van der Waals surface area contributed by atoms with E-state index < -0.39 is 18.0 Å². The Morgan fingerprint density at radius 1 is 0.811 bits per heavy atom. The summed E-state index contributed by atoms with van der Waals surface area (Å²) in [6.45, 7) is 2.29. The van der Waals surface area contributed by atoms with Gasteiger partial charge in [-0.3, -0.25) is 0 Å². The zero-order valence-corrected chi connectivity index (χ0v) is 26.6. The predicted octanol–water partition coefficient (Wildman–Crippen LogP) is 9.26. The third-order valence-corrected chi connectivity index (χ3v) is 34.5. The summed E-state index contributed by atoms with van der Waals surface area (Å²) in [7, 11) is 0. The van der Waals surface area contributed by atoms with E-state index in [2.05, 4.69) is 126 Å². The van der Waals surface area contributed by atoms with Crippen LogP contribution in [0.25, 0.3) is 11.1 Å².